The van der Waals surface area contributed by atoms with Crippen LogP contribution >= 0.6 is 12.4 Å². The second-order valence-corrected chi connectivity index (χ2v) is 6.44. The number of nitrogens with two attached hydrogens (primary N) is 1. The van der Waals surface area contributed by atoms with Gasteiger partial charge in [-0.1, -0.05) is 25.1 Å². The van der Waals surface area contributed by atoms with Gasteiger partial charge in [0.25, 0.3) is 0 Å². The molecule has 2 atom stereocenters. The van der Waals surface area contributed by atoms with Gasteiger partial charge in [0.1, 0.15) is 0 Å². The highest BCUT2D eigenvalue weighted by Crippen LogP contribution is 2.25. The Morgan fingerprint density at radius 3 is 2.86 bits per heavy atom. The van der Waals surface area contributed by atoms with Crippen molar-refractivity contribution in [3.8, 4) is 0 Å². The Kier molecular flexibility index (Phi) is 5.79. The molecule has 2 aromatic rings. The van der Waals surface area contributed by atoms with Gasteiger partial charge < -0.3 is 5.73 Å². The van der Waals surface area contributed by atoms with Gasteiger partial charge in [0.05, 0.1) is 5.52 Å². The van der Waals surface area contributed by atoms with Gasteiger partial charge in [-0.05, 0) is 56.0 Å². The average molecular weight is 320 g/mol. The molecule has 1 fully saturated rings. The molecule has 0 radical (unpaired) electrons. The lowest BCUT2D eigenvalue weighted by Gasteiger charge is -2.36. The molecule has 0 saturated carbocycles. The molecule has 2 N–H and O–H groups in total. The van der Waals surface area contributed by atoms with Crippen molar-refractivity contribution >= 4 is 23.3 Å². The lowest BCUT2D eigenvalue weighted by molar-refractivity contribution is 0.126. The van der Waals surface area contributed by atoms with Crippen molar-refractivity contribution < 1.29 is 0 Å². The summed E-state index contributed by atoms with van der Waals surface area (Å²) in [5, 5.41) is 1.28. The summed E-state index contributed by atoms with van der Waals surface area (Å²) in [5.41, 5.74) is 9.53. The molecule has 0 amide bonds. The fraction of sp³-hybridized carbons (Fsp3) is 0.500. The first kappa shape index (κ1) is 17.2. The smallest absolute Gasteiger partial charge is 0.0708 e. The van der Waals surface area contributed by atoms with E-state index in [2.05, 4.69) is 54.1 Å². The first-order valence-corrected chi connectivity index (χ1v) is 7.95. The molecule has 3 rings (SSSR count). The number of fused-ring (bicyclic) bond motifs is 1. The van der Waals surface area contributed by atoms with Crippen molar-refractivity contribution in [3.63, 3.8) is 0 Å². The molecule has 0 bridgehead atoms. The van der Waals surface area contributed by atoms with Crippen molar-refractivity contribution in [3.05, 3.63) is 41.6 Å². The fourth-order valence-electron chi connectivity index (χ4n) is 3.44. The number of pyridine rings is 1. The number of rotatable bonds is 3. The predicted molar refractivity (Wildman–Crippen MR) is 95.3 cm³/mol. The lowest BCUT2D eigenvalue weighted by atomic mass is 9.87. The van der Waals surface area contributed by atoms with Crippen LogP contribution in [0.1, 0.15) is 24.6 Å². The number of nitrogens with zero attached hydrogens (tertiary/aromatic N) is 2. The molecule has 1 aromatic carbocycles. The Morgan fingerprint density at radius 1 is 1.32 bits per heavy atom. The van der Waals surface area contributed by atoms with Crippen molar-refractivity contribution in [2.24, 2.45) is 17.6 Å². The monoisotopic (exact) mass is 319 g/mol. The molecular weight excluding hydrogens is 294 g/mol. The summed E-state index contributed by atoms with van der Waals surface area (Å²) >= 11 is 0. The summed E-state index contributed by atoms with van der Waals surface area (Å²) in [6, 6.07) is 10.7. The van der Waals surface area contributed by atoms with E-state index in [0.29, 0.717) is 5.92 Å². The molecule has 0 spiro atoms. The molecule has 1 aliphatic heterocycles. The summed E-state index contributed by atoms with van der Waals surface area (Å²) in [6.45, 7) is 8.51. The van der Waals surface area contributed by atoms with E-state index >= 15 is 0 Å². The van der Waals surface area contributed by atoms with Gasteiger partial charge in [0.2, 0.25) is 0 Å². The molecule has 2 unspecified atom stereocenters. The van der Waals surface area contributed by atoms with Gasteiger partial charge >= 0.3 is 0 Å². The Morgan fingerprint density at radius 2 is 2.09 bits per heavy atom. The van der Waals surface area contributed by atoms with E-state index in [9.17, 15) is 0 Å². The summed E-state index contributed by atoms with van der Waals surface area (Å²) in [6.07, 6.45) is 1.25. The number of aryl methyl sites for hydroxylation is 1. The molecule has 1 saturated heterocycles. The molecule has 4 heteroatoms. The van der Waals surface area contributed by atoms with Gasteiger partial charge in [-0.15, -0.1) is 12.4 Å². The lowest BCUT2D eigenvalue weighted by Crippen LogP contribution is -2.42. The summed E-state index contributed by atoms with van der Waals surface area (Å²) < 4.78 is 0. The number of aromatic nitrogens is 1. The minimum atomic E-state index is 0. The fourth-order valence-corrected chi connectivity index (χ4v) is 3.44. The van der Waals surface area contributed by atoms with Gasteiger partial charge in [0, 0.05) is 24.2 Å². The Bertz CT molecular complexity index is 629. The number of hydrogen-bond acceptors (Lipinski definition) is 3. The standard InChI is InChI=1S/C18H25N3.ClH/c1-13-7-8-21(12-16(13)10-19)11-15-9-14(2)20-18-6-4-3-5-17(15)18;/h3-6,9,13,16H,7-8,10-12,19H2,1-2H3;1H. The zero-order chi connectivity index (χ0) is 14.8. The molecule has 1 aromatic heterocycles. The van der Waals surface area contributed by atoms with Crippen LogP contribution in [0.25, 0.3) is 10.9 Å². The molecular formula is C18H26ClN3. The zero-order valence-electron chi connectivity index (χ0n) is 13.5. The summed E-state index contributed by atoms with van der Waals surface area (Å²) in [7, 11) is 0. The topological polar surface area (TPSA) is 42.1 Å². The molecule has 120 valence electrons. The number of piperidine rings is 1. The van der Waals surface area contributed by atoms with Crippen molar-refractivity contribution in [1.82, 2.24) is 9.88 Å². The maximum Gasteiger partial charge on any atom is 0.0708 e. The van der Waals surface area contributed by atoms with Gasteiger partial charge in [0.15, 0.2) is 0 Å². The second-order valence-electron chi connectivity index (χ2n) is 6.44. The minimum Gasteiger partial charge on any atom is -0.330 e. The van der Waals surface area contributed by atoms with Crippen LogP contribution in [-0.2, 0) is 6.54 Å². The van der Waals surface area contributed by atoms with Crippen LogP contribution in [0.15, 0.2) is 30.3 Å². The number of hydrogen-bond donors (Lipinski definition) is 1. The van der Waals surface area contributed by atoms with E-state index < -0.39 is 0 Å². The summed E-state index contributed by atoms with van der Waals surface area (Å²) in [5.74, 6) is 1.38. The first-order chi connectivity index (χ1) is 10.2. The number of halogens is 1. The third kappa shape index (κ3) is 3.60. The van der Waals surface area contributed by atoms with Crippen LogP contribution in [0.2, 0.25) is 0 Å². The molecule has 3 nitrogen and oxygen atoms in total. The normalized spacial score (nSPS) is 22.5. The van der Waals surface area contributed by atoms with Crippen LogP contribution in [0, 0.1) is 18.8 Å². The van der Waals surface area contributed by atoms with Crippen LogP contribution in [-0.4, -0.2) is 29.5 Å². The molecule has 2 heterocycles. The Hall–Kier alpha value is -1.16. The SMILES string of the molecule is Cc1cc(CN2CCC(C)C(CN)C2)c2ccccc2n1.Cl. The molecule has 22 heavy (non-hydrogen) atoms. The number of benzene rings is 1. The van der Waals surface area contributed by atoms with Crippen molar-refractivity contribution in [2.45, 2.75) is 26.8 Å². The van der Waals surface area contributed by atoms with E-state index in [1.54, 1.807) is 0 Å². The van der Waals surface area contributed by atoms with Gasteiger partial charge in [-0.3, -0.25) is 9.88 Å². The van der Waals surface area contributed by atoms with E-state index in [4.69, 9.17) is 5.73 Å². The maximum absolute atomic E-state index is 5.93. The quantitative estimate of drug-likeness (QED) is 0.943. The van der Waals surface area contributed by atoms with E-state index in [1.807, 2.05) is 0 Å². The maximum atomic E-state index is 5.93. The van der Waals surface area contributed by atoms with Gasteiger partial charge in [-0.2, -0.15) is 0 Å². The zero-order valence-corrected chi connectivity index (χ0v) is 14.3. The minimum absolute atomic E-state index is 0. The van der Waals surface area contributed by atoms with Crippen molar-refractivity contribution in [2.75, 3.05) is 19.6 Å². The third-order valence-electron chi connectivity index (χ3n) is 4.82. The van der Waals surface area contributed by atoms with Crippen LogP contribution in [0.3, 0.4) is 0 Å². The largest absolute Gasteiger partial charge is 0.330 e. The predicted octanol–water partition coefficient (Wildman–Crippen LogP) is 3.38. The Balaban J connectivity index is 0.00000176. The third-order valence-corrected chi connectivity index (χ3v) is 4.82. The van der Waals surface area contributed by atoms with Crippen LogP contribution in [0.4, 0.5) is 0 Å². The van der Waals surface area contributed by atoms with E-state index in [0.717, 1.165) is 36.8 Å². The average Bonchev–Trinajstić information content (AvgIpc) is 2.49. The highest BCUT2D eigenvalue weighted by atomic mass is 35.5. The first-order valence-electron chi connectivity index (χ1n) is 7.95. The number of likely N-dealkylation sites (tertiary alicyclic amines) is 1. The Labute approximate surface area is 139 Å². The van der Waals surface area contributed by atoms with Crippen LogP contribution in [0.5, 0.6) is 0 Å². The van der Waals surface area contributed by atoms with E-state index in [1.165, 1.54) is 23.9 Å². The number of para-hydroxylation sites is 1. The summed E-state index contributed by atoms with van der Waals surface area (Å²) in [4.78, 5) is 7.19. The van der Waals surface area contributed by atoms with E-state index in [-0.39, 0.29) is 12.4 Å². The molecule has 0 aliphatic carbocycles. The van der Waals surface area contributed by atoms with Gasteiger partial charge in [-0.25, -0.2) is 0 Å². The van der Waals surface area contributed by atoms with Crippen molar-refractivity contribution in [1.29, 1.82) is 0 Å². The highest BCUT2D eigenvalue weighted by Gasteiger charge is 2.25. The highest BCUT2D eigenvalue weighted by molar-refractivity contribution is 5.85. The second kappa shape index (κ2) is 7.40. The molecule has 1 aliphatic rings. The van der Waals surface area contributed by atoms with Crippen LogP contribution < -0.4 is 5.73 Å².